The van der Waals surface area contributed by atoms with Crippen LogP contribution in [0, 0.1) is 6.92 Å². The third kappa shape index (κ3) is 4.26. The van der Waals surface area contributed by atoms with E-state index < -0.39 is 6.04 Å². The molecule has 0 spiro atoms. The summed E-state index contributed by atoms with van der Waals surface area (Å²) in [7, 11) is 0. The molecule has 0 bridgehead atoms. The Morgan fingerprint density at radius 1 is 1.03 bits per heavy atom. The van der Waals surface area contributed by atoms with Crippen molar-refractivity contribution in [2.45, 2.75) is 19.4 Å². The Balaban J connectivity index is 1.58. The molecule has 4 aromatic rings. The molecule has 0 saturated carbocycles. The minimum Gasteiger partial charge on any atom is -0.360 e. The molecule has 4 rings (SSSR count). The fourth-order valence-corrected chi connectivity index (χ4v) is 3.97. The highest BCUT2D eigenvalue weighted by Crippen LogP contribution is 2.25. The number of hydrogen-bond acceptors (Lipinski definition) is 2. The topological polar surface area (TPSA) is 44.9 Å². The Morgan fingerprint density at radius 3 is 2.59 bits per heavy atom. The lowest BCUT2D eigenvalue weighted by Gasteiger charge is -2.18. The van der Waals surface area contributed by atoms with Crippen LogP contribution in [0.3, 0.4) is 0 Å². The summed E-state index contributed by atoms with van der Waals surface area (Å²) in [5, 5.41) is 5.17. The molecule has 146 valence electrons. The van der Waals surface area contributed by atoms with Crippen molar-refractivity contribution in [3.05, 3.63) is 106 Å². The standard InChI is InChI=1S/C25H23ClN2O/c1-17-11-12-18(22(26)15-17)13-14-27-24(19-7-3-2-4-8-19)25(29)21-16-28-23-10-6-5-9-20(21)23/h2-12,15-16,24,27-28H,13-14H2,1H3/t24-/m0/s1. The Morgan fingerprint density at radius 2 is 1.79 bits per heavy atom. The van der Waals surface area contributed by atoms with Crippen LogP contribution in [0.4, 0.5) is 0 Å². The van der Waals surface area contributed by atoms with Crippen molar-refractivity contribution in [2.24, 2.45) is 0 Å². The van der Waals surface area contributed by atoms with Gasteiger partial charge in [-0.05, 0) is 42.2 Å². The summed E-state index contributed by atoms with van der Waals surface area (Å²) in [6.07, 6.45) is 2.56. The molecular formula is C25H23ClN2O. The second-order valence-corrected chi connectivity index (χ2v) is 7.66. The maximum atomic E-state index is 13.5. The first-order chi connectivity index (χ1) is 14.1. The lowest BCUT2D eigenvalue weighted by Crippen LogP contribution is -2.30. The van der Waals surface area contributed by atoms with Gasteiger partial charge in [-0.2, -0.15) is 0 Å². The van der Waals surface area contributed by atoms with Gasteiger partial charge in [0.05, 0.1) is 6.04 Å². The van der Waals surface area contributed by atoms with Crippen LogP contribution in [0.25, 0.3) is 10.9 Å². The second-order valence-electron chi connectivity index (χ2n) is 7.25. The van der Waals surface area contributed by atoms with Crippen molar-refractivity contribution in [3.63, 3.8) is 0 Å². The summed E-state index contributed by atoms with van der Waals surface area (Å²) in [4.78, 5) is 16.7. The molecule has 1 aromatic heterocycles. The number of carbonyl (C=O) groups excluding carboxylic acids is 1. The van der Waals surface area contributed by atoms with Gasteiger partial charge < -0.3 is 10.3 Å². The molecule has 0 saturated heterocycles. The van der Waals surface area contributed by atoms with E-state index in [-0.39, 0.29) is 5.78 Å². The van der Waals surface area contributed by atoms with Crippen molar-refractivity contribution in [1.29, 1.82) is 0 Å². The van der Waals surface area contributed by atoms with E-state index in [0.29, 0.717) is 12.1 Å². The van der Waals surface area contributed by atoms with E-state index in [2.05, 4.69) is 22.4 Å². The fraction of sp³-hybridized carbons (Fsp3) is 0.160. The van der Waals surface area contributed by atoms with E-state index >= 15 is 0 Å². The van der Waals surface area contributed by atoms with E-state index in [1.54, 1.807) is 0 Å². The number of fused-ring (bicyclic) bond motifs is 1. The van der Waals surface area contributed by atoms with E-state index in [1.807, 2.05) is 73.8 Å². The van der Waals surface area contributed by atoms with Gasteiger partial charge in [-0.25, -0.2) is 0 Å². The fourth-order valence-electron chi connectivity index (χ4n) is 3.64. The number of halogens is 1. The molecule has 0 amide bonds. The maximum Gasteiger partial charge on any atom is 0.186 e. The zero-order valence-corrected chi connectivity index (χ0v) is 17.0. The monoisotopic (exact) mass is 402 g/mol. The molecule has 1 atom stereocenters. The van der Waals surface area contributed by atoms with Gasteiger partial charge in [0, 0.05) is 34.2 Å². The number of aryl methyl sites for hydroxylation is 1. The number of rotatable bonds is 7. The number of aromatic amines is 1. The van der Waals surface area contributed by atoms with Crippen LogP contribution in [0.1, 0.15) is 33.1 Å². The number of ketones is 1. The van der Waals surface area contributed by atoms with Gasteiger partial charge in [0.2, 0.25) is 0 Å². The number of aromatic nitrogens is 1. The first-order valence-electron chi connectivity index (χ1n) is 9.77. The summed E-state index contributed by atoms with van der Waals surface area (Å²) in [5.74, 6) is 0.0589. The van der Waals surface area contributed by atoms with Crippen LogP contribution in [0.5, 0.6) is 0 Å². The van der Waals surface area contributed by atoms with Crippen molar-refractivity contribution >= 4 is 28.3 Å². The van der Waals surface area contributed by atoms with Crippen LogP contribution in [0.15, 0.2) is 79.0 Å². The van der Waals surface area contributed by atoms with E-state index in [1.165, 1.54) is 0 Å². The number of para-hydroxylation sites is 1. The SMILES string of the molecule is Cc1ccc(CCN[C@H](C(=O)c2c[nH]c3ccccc23)c2ccccc2)c(Cl)c1. The van der Waals surface area contributed by atoms with Gasteiger partial charge in [0.25, 0.3) is 0 Å². The number of carbonyl (C=O) groups is 1. The number of H-pyrrole nitrogens is 1. The molecule has 29 heavy (non-hydrogen) atoms. The van der Waals surface area contributed by atoms with Crippen molar-refractivity contribution in [3.8, 4) is 0 Å². The van der Waals surface area contributed by atoms with Crippen LogP contribution < -0.4 is 5.32 Å². The Kier molecular flexibility index (Phi) is 5.79. The van der Waals surface area contributed by atoms with Gasteiger partial charge in [-0.3, -0.25) is 4.79 Å². The molecule has 4 heteroatoms. The second kappa shape index (κ2) is 8.64. The molecule has 0 fully saturated rings. The van der Waals surface area contributed by atoms with Gasteiger partial charge in [-0.15, -0.1) is 0 Å². The van der Waals surface area contributed by atoms with E-state index in [4.69, 9.17) is 11.6 Å². The molecule has 0 aliphatic rings. The van der Waals surface area contributed by atoms with E-state index in [0.717, 1.165) is 39.0 Å². The lowest BCUT2D eigenvalue weighted by molar-refractivity contribution is 0.0945. The third-order valence-electron chi connectivity index (χ3n) is 5.20. The molecule has 0 aliphatic carbocycles. The van der Waals surface area contributed by atoms with Crippen molar-refractivity contribution in [1.82, 2.24) is 10.3 Å². The highest BCUT2D eigenvalue weighted by Gasteiger charge is 2.23. The van der Waals surface area contributed by atoms with Gasteiger partial charge in [0.1, 0.15) is 0 Å². The molecule has 2 N–H and O–H groups in total. The average Bonchev–Trinajstić information content (AvgIpc) is 3.17. The lowest BCUT2D eigenvalue weighted by atomic mass is 9.96. The molecule has 1 heterocycles. The number of hydrogen-bond donors (Lipinski definition) is 2. The Bertz CT molecular complexity index is 1130. The van der Waals surface area contributed by atoms with Crippen LogP contribution >= 0.6 is 11.6 Å². The Hall–Kier alpha value is -2.88. The first-order valence-corrected chi connectivity index (χ1v) is 10.1. The van der Waals surface area contributed by atoms with Crippen molar-refractivity contribution in [2.75, 3.05) is 6.54 Å². The predicted octanol–water partition coefficient (Wildman–Crippen LogP) is 5.89. The van der Waals surface area contributed by atoms with Gasteiger partial charge in [-0.1, -0.05) is 72.3 Å². The summed E-state index contributed by atoms with van der Waals surface area (Å²) < 4.78 is 0. The quantitative estimate of drug-likeness (QED) is 0.379. The third-order valence-corrected chi connectivity index (χ3v) is 5.55. The zero-order valence-electron chi connectivity index (χ0n) is 16.3. The average molecular weight is 403 g/mol. The maximum absolute atomic E-state index is 13.5. The van der Waals surface area contributed by atoms with Gasteiger partial charge >= 0.3 is 0 Å². The number of Topliss-reactive ketones (excluding diaryl/α,β-unsaturated/α-hetero) is 1. The minimum atomic E-state index is -0.417. The molecule has 0 radical (unpaired) electrons. The summed E-state index contributed by atoms with van der Waals surface area (Å²) in [5.41, 5.74) is 4.85. The number of benzene rings is 3. The highest BCUT2D eigenvalue weighted by molar-refractivity contribution is 6.31. The smallest absolute Gasteiger partial charge is 0.186 e. The molecule has 3 nitrogen and oxygen atoms in total. The summed E-state index contributed by atoms with van der Waals surface area (Å²) in [6.45, 7) is 2.68. The Labute approximate surface area is 175 Å². The van der Waals surface area contributed by atoms with Crippen LogP contribution in [-0.4, -0.2) is 17.3 Å². The first kappa shape index (κ1) is 19.4. The van der Waals surface area contributed by atoms with Crippen molar-refractivity contribution < 1.29 is 4.79 Å². The van der Waals surface area contributed by atoms with Crippen LogP contribution in [0.2, 0.25) is 5.02 Å². The molecule has 3 aromatic carbocycles. The largest absolute Gasteiger partial charge is 0.360 e. The molecular weight excluding hydrogens is 380 g/mol. The zero-order chi connectivity index (χ0) is 20.2. The highest BCUT2D eigenvalue weighted by atomic mass is 35.5. The molecule has 0 aliphatic heterocycles. The predicted molar refractivity (Wildman–Crippen MR) is 120 cm³/mol. The minimum absolute atomic E-state index is 0.0589. The van der Waals surface area contributed by atoms with E-state index in [9.17, 15) is 4.79 Å². The number of nitrogens with one attached hydrogen (secondary N) is 2. The van der Waals surface area contributed by atoms with Crippen LogP contribution in [-0.2, 0) is 6.42 Å². The van der Waals surface area contributed by atoms with Gasteiger partial charge in [0.15, 0.2) is 5.78 Å². The summed E-state index contributed by atoms with van der Waals surface area (Å²) in [6, 6.07) is 23.4. The summed E-state index contributed by atoms with van der Waals surface area (Å²) >= 11 is 6.37. The normalized spacial score (nSPS) is 12.2. The molecule has 0 unspecified atom stereocenters.